The highest BCUT2D eigenvalue weighted by molar-refractivity contribution is 5.98. The van der Waals surface area contributed by atoms with E-state index in [0.717, 1.165) is 12.1 Å². The first-order chi connectivity index (χ1) is 13.1. The van der Waals surface area contributed by atoms with Gasteiger partial charge >= 0.3 is 0 Å². The maximum Gasteiger partial charge on any atom is 0.207 e. The van der Waals surface area contributed by atoms with E-state index in [4.69, 9.17) is 14.9 Å². The summed E-state index contributed by atoms with van der Waals surface area (Å²) in [5.41, 5.74) is 2.58. The summed E-state index contributed by atoms with van der Waals surface area (Å²) in [5.74, 6) is 0.483. The third-order valence-corrected chi connectivity index (χ3v) is 4.02. The first kappa shape index (κ1) is 20.8. The minimum absolute atomic E-state index is 0.0553. The Morgan fingerprint density at radius 1 is 1.33 bits per heavy atom. The van der Waals surface area contributed by atoms with Gasteiger partial charge in [0.25, 0.3) is 0 Å². The summed E-state index contributed by atoms with van der Waals surface area (Å²) >= 11 is 0. The molecule has 1 aliphatic rings. The third kappa shape index (κ3) is 5.76. The van der Waals surface area contributed by atoms with Gasteiger partial charge in [0.05, 0.1) is 13.2 Å². The minimum atomic E-state index is -0.986. The van der Waals surface area contributed by atoms with Crippen molar-refractivity contribution in [2.24, 2.45) is 4.99 Å². The van der Waals surface area contributed by atoms with Gasteiger partial charge in [-0.25, -0.2) is 4.99 Å². The van der Waals surface area contributed by atoms with Crippen LogP contribution >= 0.6 is 0 Å². The summed E-state index contributed by atoms with van der Waals surface area (Å²) in [7, 11) is 3.51. The van der Waals surface area contributed by atoms with Gasteiger partial charge in [0.2, 0.25) is 6.35 Å². The van der Waals surface area contributed by atoms with Crippen LogP contribution in [0.25, 0.3) is 0 Å². The number of hydrogen-bond acceptors (Lipinski definition) is 8. The zero-order valence-corrected chi connectivity index (χ0v) is 15.8. The second-order valence-electron chi connectivity index (χ2n) is 5.95. The summed E-state index contributed by atoms with van der Waals surface area (Å²) in [6.07, 6.45) is -0.986. The summed E-state index contributed by atoms with van der Waals surface area (Å²) in [6, 6.07) is 8.11. The van der Waals surface area contributed by atoms with Crippen molar-refractivity contribution >= 4 is 12.6 Å². The molecule has 0 amide bonds. The van der Waals surface area contributed by atoms with E-state index in [2.05, 4.69) is 27.7 Å². The number of nitrogens with zero attached hydrogens (tertiary/aromatic N) is 2. The lowest BCUT2D eigenvalue weighted by Crippen LogP contribution is -2.39. The summed E-state index contributed by atoms with van der Waals surface area (Å²) in [4.78, 5) is 5.36. The molecule has 0 aliphatic carbocycles. The number of aliphatic imine (C=N–C) groups is 1. The number of rotatable bonds is 11. The molecule has 0 spiro atoms. The van der Waals surface area contributed by atoms with Crippen molar-refractivity contribution in [2.75, 3.05) is 34.1 Å². The van der Waals surface area contributed by atoms with Crippen LogP contribution in [0.1, 0.15) is 11.1 Å². The van der Waals surface area contributed by atoms with Crippen molar-refractivity contribution in [2.45, 2.75) is 19.4 Å². The van der Waals surface area contributed by atoms with E-state index < -0.39 is 6.35 Å². The summed E-state index contributed by atoms with van der Waals surface area (Å²) < 4.78 is 10.4. The molecule has 1 aromatic carbocycles. The molecular weight excluding hydrogens is 348 g/mol. The van der Waals surface area contributed by atoms with Crippen LogP contribution in [0.4, 0.5) is 0 Å². The zero-order valence-electron chi connectivity index (χ0n) is 15.8. The molecule has 5 N–H and O–H groups in total. The third-order valence-electron chi connectivity index (χ3n) is 4.02. The van der Waals surface area contributed by atoms with Gasteiger partial charge in [-0.05, 0) is 24.9 Å². The monoisotopic (exact) mass is 376 g/mol. The second kappa shape index (κ2) is 10.6. The molecule has 148 valence electrons. The van der Waals surface area contributed by atoms with E-state index in [-0.39, 0.29) is 12.6 Å². The molecule has 0 saturated heterocycles. The van der Waals surface area contributed by atoms with Crippen molar-refractivity contribution in [3.8, 4) is 0 Å². The largest absolute Gasteiger partial charge is 0.382 e. The van der Waals surface area contributed by atoms with Crippen molar-refractivity contribution in [3.63, 3.8) is 0 Å². The molecule has 2 rings (SSSR count). The lowest BCUT2D eigenvalue weighted by Gasteiger charge is -2.26. The maximum atomic E-state index is 10.4. The summed E-state index contributed by atoms with van der Waals surface area (Å²) in [6.45, 7) is 5.77. The number of aliphatic hydroxyl groups is 1. The normalized spacial score (nSPS) is 16.4. The van der Waals surface area contributed by atoms with Crippen LogP contribution < -0.4 is 16.0 Å². The molecule has 27 heavy (non-hydrogen) atoms. The van der Waals surface area contributed by atoms with Crippen LogP contribution in [0.15, 0.2) is 40.8 Å². The highest BCUT2D eigenvalue weighted by Crippen LogP contribution is 2.21. The SMILES string of the molecule is C=NC(=N)C1=C(NCOCCOC)N(Cc2ccc(CNC)cc2)C(O)N1. The molecule has 0 radical (unpaired) electrons. The molecule has 1 aliphatic heterocycles. The van der Waals surface area contributed by atoms with Crippen molar-refractivity contribution < 1.29 is 14.6 Å². The molecular formula is C18H28N6O3. The highest BCUT2D eigenvalue weighted by atomic mass is 16.5. The molecule has 0 bridgehead atoms. The number of hydrogen-bond donors (Lipinski definition) is 5. The fourth-order valence-corrected chi connectivity index (χ4v) is 2.65. The van der Waals surface area contributed by atoms with Crippen molar-refractivity contribution in [1.29, 1.82) is 5.41 Å². The number of nitrogens with one attached hydrogen (secondary N) is 4. The van der Waals surface area contributed by atoms with E-state index in [1.807, 2.05) is 31.3 Å². The summed E-state index contributed by atoms with van der Waals surface area (Å²) in [5, 5.41) is 27.4. The van der Waals surface area contributed by atoms with Crippen LogP contribution in [0, 0.1) is 5.41 Å². The Morgan fingerprint density at radius 3 is 2.67 bits per heavy atom. The van der Waals surface area contributed by atoms with Crippen LogP contribution in [0.3, 0.4) is 0 Å². The Hall–Kier alpha value is -2.46. The first-order valence-corrected chi connectivity index (χ1v) is 8.64. The Kier molecular flexibility index (Phi) is 8.21. The van der Waals surface area contributed by atoms with E-state index in [1.54, 1.807) is 12.0 Å². The Balaban J connectivity index is 2.11. The lowest BCUT2D eigenvalue weighted by atomic mass is 10.1. The average Bonchev–Trinajstić information content (AvgIpc) is 2.98. The van der Waals surface area contributed by atoms with Gasteiger partial charge in [-0.3, -0.25) is 5.41 Å². The highest BCUT2D eigenvalue weighted by Gasteiger charge is 2.31. The quantitative estimate of drug-likeness (QED) is 0.162. The van der Waals surface area contributed by atoms with Gasteiger partial charge in [0, 0.05) is 20.2 Å². The van der Waals surface area contributed by atoms with Crippen molar-refractivity contribution in [3.05, 3.63) is 46.9 Å². The lowest BCUT2D eigenvalue weighted by molar-refractivity contribution is 0.0114. The van der Waals surface area contributed by atoms with E-state index in [0.29, 0.717) is 31.3 Å². The number of aliphatic hydroxyl groups excluding tert-OH is 1. The predicted octanol–water partition coefficient (Wildman–Crippen LogP) is 0.144. The molecule has 0 fully saturated rings. The molecule has 1 aromatic rings. The van der Waals surface area contributed by atoms with Crippen molar-refractivity contribution in [1.82, 2.24) is 20.9 Å². The number of methoxy groups -OCH3 is 1. The van der Waals surface area contributed by atoms with E-state index in [1.165, 1.54) is 5.56 Å². The average molecular weight is 376 g/mol. The zero-order chi connectivity index (χ0) is 19.6. The van der Waals surface area contributed by atoms with Gasteiger partial charge < -0.3 is 35.4 Å². The van der Waals surface area contributed by atoms with Gasteiger partial charge in [-0.2, -0.15) is 0 Å². The van der Waals surface area contributed by atoms with Gasteiger partial charge in [0.15, 0.2) is 5.84 Å². The maximum absolute atomic E-state index is 10.4. The Bertz CT molecular complexity index is 662. The van der Waals surface area contributed by atoms with Gasteiger partial charge in [-0.1, -0.05) is 24.3 Å². The minimum Gasteiger partial charge on any atom is -0.382 e. The van der Waals surface area contributed by atoms with E-state index >= 15 is 0 Å². The first-order valence-electron chi connectivity index (χ1n) is 8.64. The number of amidine groups is 1. The van der Waals surface area contributed by atoms with E-state index in [9.17, 15) is 5.11 Å². The second-order valence-corrected chi connectivity index (χ2v) is 5.95. The smallest absolute Gasteiger partial charge is 0.207 e. The Labute approximate surface area is 159 Å². The van der Waals surface area contributed by atoms with Crippen LogP contribution in [-0.4, -0.2) is 63.0 Å². The predicted molar refractivity (Wildman–Crippen MR) is 104 cm³/mol. The van der Waals surface area contributed by atoms with Crippen LogP contribution in [-0.2, 0) is 22.6 Å². The standard InChI is InChI=1S/C18H28N6O3/c1-20-10-13-4-6-14(7-5-13)11-24-17(22-12-27-9-8-26-3)15(16(19)21-2)23-18(24)25/h4-7,18-20,22-23,25H,2,8-12H2,1,3H3. The molecule has 9 heteroatoms. The molecule has 1 unspecified atom stereocenters. The number of ether oxygens (including phenoxy) is 2. The fraction of sp³-hybridized carbons (Fsp3) is 0.444. The molecule has 1 heterocycles. The molecule has 1 atom stereocenters. The molecule has 0 aromatic heterocycles. The molecule has 9 nitrogen and oxygen atoms in total. The topological polar surface area (TPSA) is 114 Å². The molecule has 0 saturated carbocycles. The van der Waals surface area contributed by atoms with Gasteiger partial charge in [-0.15, -0.1) is 0 Å². The van der Waals surface area contributed by atoms with Gasteiger partial charge in [0.1, 0.15) is 18.2 Å². The van der Waals surface area contributed by atoms with Crippen LogP contribution in [0.2, 0.25) is 0 Å². The fourth-order valence-electron chi connectivity index (χ4n) is 2.65. The Morgan fingerprint density at radius 2 is 2.04 bits per heavy atom. The number of benzene rings is 1. The van der Waals surface area contributed by atoms with Crippen LogP contribution in [0.5, 0.6) is 0 Å².